The van der Waals surface area contributed by atoms with Gasteiger partial charge in [-0.2, -0.15) is 0 Å². The van der Waals surface area contributed by atoms with Crippen LogP contribution in [0, 0.1) is 11.6 Å². The van der Waals surface area contributed by atoms with Crippen LogP contribution < -0.4 is 15.4 Å². The van der Waals surface area contributed by atoms with E-state index in [0.717, 1.165) is 0 Å². The standard InChI is InChI=1S/C23H20F2N2O3/c1-2-30-16-13-11-15(12-14-16)21(26-22(28)17-7-3-5-9-19(17)24)27-23(29)18-8-4-6-10-20(18)25/h3-14,21H,2H2,1H3,(H,26,28)(H,27,29). The molecule has 0 saturated carbocycles. The van der Waals surface area contributed by atoms with E-state index in [1.807, 2.05) is 6.92 Å². The first-order chi connectivity index (χ1) is 14.5. The fourth-order valence-electron chi connectivity index (χ4n) is 2.83. The molecule has 0 unspecified atom stereocenters. The molecule has 0 spiro atoms. The van der Waals surface area contributed by atoms with Crippen LogP contribution in [-0.2, 0) is 0 Å². The first-order valence-electron chi connectivity index (χ1n) is 9.33. The van der Waals surface area contributed by atoms with Crippen molar-refractivity contribution in [1.29, 1.82) is 0 Å². The van der Waals surface area contributed by atoms with E-state index in [0.29, 0.717) is 17.9 Å². The summed E-state index contributed by atoms with van der Waals surface area (Å²) in [7, 11) is 0. The summed E-state index contributed by atoms with van der Waals surface area (Å²) in [6, 6.07) is 17.6. The van der Waals surface area contributed by atoms with Crippen molar-refractivity contribution in [3.8, 4) is 5.75 Å². The van der Waals surface area contributed by atoms with Crippen LogP contribution in [-0.4, -0.2) is 18.4 Å². The molecule has 2 amide bonds. The van der Waals surface area contributed by atoms with Gasteiger partial charge in [-0.1, -0.05) is 36.4 Å². The van der Waals surface area contributed by atoms with E-state index in [2.05, 4.69) is 10.6 Å². The minimum absolute atomic E-state index is 0.173. The van der Waals surface area contributed by atoms with Crippen LogP contribution in [0.5, 0.6) is 5.75 Å². The molecule has 0 heterocycles. The Bertz CT molecular complexity index is 979. The molecule has 0 aliphatic heterocycles. The first kappa shape index (κ1) is 21.0. The van der Waals surface area contributed by atoms with Crippen molar-refractivity contribution in [1.82, 2.24) is 10.6 Å². The van der Waals surface area contributed by atoms with Gasteiger partial charge in [0.05, 0.1) is 17.7 Å². The first-order valence-corrected chi connectivity index (χ1v) is 9.33. The summed E-state index contributed by atoms with van der Waals surface area (Å²) >= 11 is 0. The Hall–Kier alpha value is -3.74. The zero-order valence-corrected chi connectivity index (χ0v) is 16.2. The predicted molar refractivity (Wildman–Crippen MR) is 108 cm³/mol. The van der Waals surface area contributed by atoms with Crippen LogP contribution in [0.2, 0.25) is 0 Å². The van der Waals surface area contributed by atoms with Crippen molar-refractivity contribution < 1.29 is 23.1 Å². The van der Waals surface area contributed by atoms with Gasteiger partial charge in [-0.25, -0.2) is 8.78 Å². The quantitative estimate of drug-likeness (QED) is 0.573. The summed E-state index contributed by atoms with van der Waals surface area (Å²) < 4.78 is 33.4. The average molecular weight is 410 g/mol. The van der Waals surface area contributed by atoms with Gasteiger partial charge < -0.3 is 15.4 Å². The topological polar surface area (TPSA) is 67.4 Å². The highest BCUT2D eigenvalue weighted by Crippen LogP contribution is 2.19. The number of halogens is 2. The minimum atomic E-state index is -1.03. The number of carbonyl (C=O) groups excluding carboxylic acids is 2. The minimum Gasteiger partial charge on any atom is -0.494 e. The SMILES string of the molecule is CCOc1ccc(C(NC(=O)c2ccccc2F)NC(=O)c2ccccc2F)cc1. The van der Waals surface area contributed by atoms with E-state index < -0.39 is 29.6 Å². The molecule has 3 aromatic rings. The van der Waals surface area contributed by atoms with E-state index in [-0.39, 0.29) is 11.1 Å². The Kier molecular flexibility index (Phi) is 6.75. The highest BCUT2D eigenvalue weighted by molar-refractivity contribution is 5.97. The monoisotopic (exact) mass is 410 g/mol. The third-order valence-electron chi connectivity index (χ3n) is 4.31. The van der Waals surface area contributed by atoms with Crippen molar-refractivity contribution in [2.75, 3.05) is 6.61 Å². The molecule has 0 aromatic heterocycles. The maximum atomic E-state index is 14.0. The molecule has 2 N–H and O–H groups in total. The van der Waals surface area contributed by atoms with Gasteiger partial charge in [0.2, 0.25) is 0 Å². The summed E-state index contributed by atoms with van der Waals surface area (Å²) in [5.74, 6) is -2.22. The second kappa shape index (κ2) is 9.65. The van der Waals surface area contributed by atoms with Crippen LogP contribution >= 0.6 is 0 Å². The van der Waals surface area contributed by atoms with Crippen molar-refractivity contribution in [3.63, 3.8) is 0 Å². The smallest absolute Gasteiger partial charge is 0.256 e. The van der Waals surface area contributed by atoms with E-state index in [1.165, 1.54) is 48.5 Å². The van der Waals surface area contributed by atoms with Crippen molar-refractivity contribution in [3.05, 3.63) is 101 Å². The van der Waals surface area contributed by atoms with Gasteiger partial charge in [0, 0.05) is 0 Å². The van der Waals surface area contributed by atoms with Gasteiger partial charge >= 0.3 is 0 Å². The lowest BCUT2D eigenvalue weighted by molar-refractivity contribution is 0.0879. The predicted octanol–water partition coefficient (Wildman–Crippen LogP) is 4.22. The number of nitrogens with one attached hydrogen (secondary N) is 2. The Morgan fingerprint density at radius 2 is 1.27 bits per heavy atom. The lowest BCUT2D eigenvalue weighted by Gasteiger charge is -2.21. The van der Waals surface area contributed by atoms with Crippen molar-refractivity contribution in [2.24, 2.45) is 0 Å². The fourth-order valence-corrected chi connectivity index (χ4v) is 2.83. The van der Waals surface area contributed by atoms with Gasteiger partial charge in [0.15, 0.2) is 0 Å². The van der Waals surface area contributed by atoms with E-state index in [4.69, 9.17) is 4.74 Å². The number of benzene rings is 3. The zero-order valence-electron chi connectivity index (χ0n) is 16.2. The van der Waals surface area contributed by atoms with Gasteiger partial charge in [0.1, 0.15) is 23.5 Å². The molecule has 30 heavy (non-hydrogen) atoms. The fraction of sp³-hybridized carbons (Fsp3) is 0.130. The number of rotatable bonds is 7. The highest BCUT2D eigenvalue weighted by Gasteiger charge is 2.22. The maximum Gasteiger partial charge on any atom is 0.256 e. The number of hydrogen-bond acceptors (Lipinski definition) is 3. The molecule has 3 aromatic carbocycles. The lowest BCUT2D eigenvalue weighted by Crippen LogP contribution is -2.41. The largest absolute Gasteiger partial charge is 0.494 e. The average Bonchev–Trinajstić information content (AvgIpc) is 2.74. The van der Waals surface area contributed by atoms with Gasteiger partial charge in [-0.15, -0.1) is 0 Å². The maximum absolute atomic E-state index is 14.0. The molecule has 0 aliphatic carbocycles. The Balaban J connectivity index is 1.88. The molecule has 0 radical (unpaired) electrons. The van der Waals surface area contributed by atoms with Crippen molar-refractivity contribution >= 4 is 11.8 Å². The second-order valence-corrected chi connectivity index (χ2v) is 6.34. The third-order valence-corrected chi connectivity index (χ3v) is 4.31. The van der Waals surface area contributed by atoms with Gasteiger partial charge in [0.25, 0.3) is 11.8 Å². The molecule has 3 rings (SSSR count). The van der Waals surface area contributed by atoms with Crippen LogP contribution in [0.4, 0.5) is 8.78 Å². The molecule has 0 bridgehead atoms. The molecular weight excluding hydrogens is 390 g/mol. The van der Waals surface area contributed by atoms with E-state index >= 15 is 0 Å². The summed E-state index contributed by atoms with van der Waals surface area (Å²) in [6.45, 7) is 2.33. The molecular formula is C23H20F2N2O3. The highest BCUT2D eigenvalue weighted by atomic mass is 19.1. The summed E-state index contributed by atoms with van der Waals surface area (Å²) in [6.07, 6.45) is -1.03. The molecule has 0 saturated heterocycles. The second-order valence-electron chi connectivity index (χ2n) is 6.34. The molecule has 154 valence electrons. The van der Waals surface area contributed by atoms with Crippen LogP contribution in [0.3, 0.4) is 0 Å². The molecule has 0 fully saturated rings. The van der Waals surface area contributed by atoms with Crippen LogP contribution in [0.25, 0.3) is 0 Å². The van der Waals surface area contributed by atoms with E-state index in [9.17, 15) is 18.4 Å². The number of amides is 2. The summed E-state index contributed by atoms with van der Waals surface area (Å²) in [4.78, 5) is 25.2. The summed E-state index contributed by atoms with van der Waals surface area (Å²) in [5.41, 5.74) is 0.162. The van der Waals surface area contributed by atoms with Crippen LogP contribution in [0.15, 0.2) is 72.8 Å². The number of carbonyl (C=O) groups is 2. The Morgan fingerprint density at radius 1 is 0.800 bits per heavy atom. The Labute approximate surface area is 172 Å². The molecule has 5 nitrogen and oxygen atoms in total. The van der Waals surface area contributed by atoms with Gasteiger partial charge in [-0.3, -0.25) is 9.59 Å². The normalized spacial score (nSPS) is 10.5. The number of ether oxygens (including phenoxy) is 1. The van der Waals surface area contributed by atoms with Crippen molar-refractivity contribution in [2.45, 2.75) is 13.1 Å². The number of hydrogen-bond donors (Lipinski definition) is 2. The van der Waals surface area contributed by atoms with Crippen LogP contribution in [0.1, 0.15) is 39.4 Å². The lowest BCUT2D eigenvalue weighted by atomic mass is 10.1. The Morgan fingerprint density at radius 3 is 1.70 bits per heavy atom. The van der Waals surface area contributed by atoms with E-state index in [1.54, 1.807) is 24.3 Å². The molecule has 7 heteroatoms. The summed E-state index contributed by atoms with van der Waals surface area (Å²) in [5, 5.41) is 5.18. The van der Waals surface area contributed by atoms with Gasteiger partial charge in [-0.05, 0) is 48.9 Å². The third kappa shape index (κ3) is 5.00. The molecule has 0 atom stereocenters. The zero-order chi connectivity index (χ0) is 21.5. The molecule has 0 aliphatic rings.